The summed E-state index contributed by atoms with van der Waals surface area (Å²) in [5, 5.41) is 14.6. The van der Waals surface area contributed by atoms with Crippen LogP contribution in [-0.2, 0) is 0 Å². The first-order valence-electron chi connectivity index (χ1n) is 6.83. The highest BCUT2D eigenvalue weighted by atomic mass is 79.9. The molecule has 1 amide bonds. The molecule has 1 saturated carbocycles. The van der Waals surface area contributed by atoms with Crippen molar-refractivity contribution in [3.63, 3.8) is 0 Å². The number of hydrogen-bond donors (Lipinski definition) is 1. The number of amides is 1. The van der Waals surface area contributed by atoms with E-state index >= 15 is 0 Å². The fraction of sp³-hybridized carbons (Fsp3) is 0.500. The van der Waals surface area contributed by atoms with Gasteiger partial charge in [-0.2, -0.15) is 0 Å². The maximum atomic E-state index is 13.1. The van der Waals surface area contributed by atoms with Gasteiger partial charge in [-0.15, -0.1) is 0 Å². The van der Waals surface area contributed by atoms with Crippen molar-refractivity contribution in [2.75, 3.05) is 5.33 Å². The quantitative estimate of drug-likeness (QED) is 0.509. The number of nitrogens with one attached hydrogen (secondary N) is 1. The van der Waals surface area contributed by atoms with E-state index in [1.54, 1.807) is 0 Å². The van der Waals surface area contributed by atoms with Crippen LogP contribution in [0.1, 0.15) is 36.0 Å². The molecule has 0 saturated heterocycles. The number of carbonyl (C=O) groups is 1. The van der Waals surface area contributed by atoms with Gasteiger partial charge in [-0.1, -0.05) is 28.8 Å². The number of nitro benzene ring substituents is 1. The van der Waals surface area contributed by atoms with Crippen LogP contribution in [0.5, 0.6) is 0 Å². The zero-order valence-corrected chi connectivity index (χ0v) is 12.9. The molecule has 1 aromatic carbocycles. The van der Waals surface area contributed by atoms with Gasteiger partial charge in [0.1, 0.15) is 11.4 Å². The van der Waals surface area contributed by atoms with Gasteiger partial charge in [0.25, 0.3) is 11.6 Å². The second-order valence-electron chi connectivity index (χ2n) is 5.20. The molecule has 1 aliphatic carbocycles. The Bertz CT molecular complexity index is 553. The fourth-order valence-electron chi connectivity index (χ4n) is 2.68. The molecule has 1 aliphatic rings. The first-order chi connectivity index (χ1) is 10.0. The van der Waals surface area contributed by atoms with E-state index in [1.807, 2.05) is 0 Å². The van der Waals surface area contributed by atoms with Gasteiger partial charge in [0.15, 0.2) is 0 Å². The normalized spacial score (nSPS) is 21.8. The average Bonchev–Trinajstić information content (AvgIpc) is 2.47. The summed E-state index contributed by atoms with van der Waals surface area (Å²) in [6.45, 7) is 0. The van der Waals surface area contributed by atoms with Gasteiger partial charge in [-0.05, 0) is 30.9 Å². The summed E-state index contributed by atoms with van der Waals surface area (Å²) in [6, 6.07) is 2.99. The van der Waals surface area contributed by atoms with Crippen molar-refractivity contribution >= 4 is 27.5 Å². The zero-order valence-electron chi connectivity index (χ0n) is 11.4. The maximum absolute atomic E-state index is 13.1. The number of nitrogens with zero attached hydrogens (tertiary/aromatic N) is 1. The average molecular weight is 359 g/mol. The van der Waals surface area contributed by atoms with E-state index in [1.165, 1.54) is 0 Å². The molecule has 0 aromatic heterocycles. The van der Waals surface area contributed by atoms with E-state index in [0.29, 0.717) is 5.92 Å². The van der Waals surface area contributed by atoms with Crippen molar-refractivity contribution < 1.29 is 14.1 Å². The molecule has 7 heteroatoms. The van der Waals surface area contributed by atoms with Crippen LogP contribution in [0.15, 0.2) is 18.2 Å². The summed E-state index contributed by atoms with van der Waals surface area (Å²) < 4.78 is 13.1. The van der Waals surface area contributed by atoms with E-state index in [2.05, 4.69) is 21.2 Å². The lowest BCUT2D eigenvalue weighted by atomic mass is 9.85. The third-order valence-corrected chi connectivity index (χ3v) is 4.66. The van der Waals surface area contributed by atoms with Gasteiger partial charge < -0.3 is 5.32 Å². The summed E-state index contributed by atoms with van der Waals surface area (Å²) in [5.41, 5.74) is -0.598. The third-order valence-electron chi connectivity index (χ3n) is 3.82. The number of carbonyl (C=O) groups excluding carboxylic acids is 1. The number of alkyl halides is 1. The second kappa shape index (κ2) is 6.98. The number of halogens is 2. The summed E-state index contributed by atoms with van der Waals surface area (Å²) >= 11 is 3.44. The Labute approximate surface area is 130 Å². The summed E-state index contributed by atoms with van der Waals surface area (Å²) in [7, 11) is 0. The highest BCUT2D eigenvalue weighted by Gasteiger charge is 2.28. The molecule has 1 aromatic rings. The van der Waals surface area contributed by atoms with E-state index in [0.717, 1.165) is 49.2 Å². The summed E-state index contributed by atoms with van der Waals surface area (Å²) in [5.74, 6) is -0.920. The van der Waals surface area contributed by atoms with Crippen molar-refractivity contribution in [1.29, 1.82) is 0 Å². The number of nitro groups is 1. The monoisotopic (exact) mass is 358 g/mol. The Balaban J connectivity index is 2.18. The number of benzene rings is 1. The molecular formula is C14H16BrFN2O3. The van der Waals surface area contributed by atoms with Crippen LogP contribution < -0.4 is 5.32 Å². The van der Waals surface area contributed by atoms with Crippen LogP contribution in [0.25, 0.3) is 0 Å². The van der Waals surface area contributed by atoms with Crippen LogP contribution in [0.2, 0.25) is 0 Å². The number of rotatable bonds is 4. The number of hydrogen-bond acceptors (Lipinski definition) is 3. The van der Waals surface area contributed by atoms with E-state index in [4.69, 9.17) is 0 Å². The lowest BCUT2D eigenvalue weighted by Crippen LogP contribution is -2.42. The highest BCUT2D eigenvalue weighted by Crippen LogP contribution is 2.27. The molecule has 0 radical (unpaired) electrons. The Hall–Kier alpha value is -1.50. The van der Waals surface area contributed by atoms with Gasteiger partial charge in [0, 0.05) is 11.4 Å². The topological polar surface area (TPSA) is 72.2 Å². The lowest BCUT2D eigenvalue weighted by molar-refractivity contribution is -0.385. The molecule has 5 nitrogen and oxygen atoms in total. The highest BCUT2D eigenvalue weighted by molar-refractivity contribution is 9.09. The molecule has 114 valence electrons. The van der Waals surface area contributed by atoms with E-state index in [9.17, 15) is 19.3 Å². The molecule has 2 unspecified atom stereocenters. The standard InChI is InChI=1S/C14H16BrFN2O3/c15-8-9-3-1-2-4-12(9)17-14(19)11-6-5-10(16)7-13(11)18(20)21/h5-7,9,12H,1-4,8H2,(H,17,19). The van der Waals surface area contributed by atoms with Crippen molar-refractivity contribution in [3.8, 4) is 0 Å². The Morgan fingerprint density at radius 2 is 2.14 bits per heavy atom. The molecule has 21 heavy (non-hydrogen) atoms. The first-order valence-corrected chi connectivity index (χ1v) is 7.96. The molecule has 1 N–H and O–H groups in total. The lowest BCUT2D eigenvalue weighted by Gasteiger charge is -2.30. The molecule has 1 fully saturated rings. The second-order valence-corrected chi connectivity index (χ2v) is 5.84. The first kappa shape index (κ1) is 15.9. The molecule has 0 bridgehead atoms. The Morgan fingerprint density at radius 3 is 2.81 bits per heavy atom. The summed E-state index contributed by atoms with van der Waals surface area (Å²) in [4.78, 5) is 22.5. The minimum atomic E-state index is -0.735. The van der Waals surface area contributed by atoms with Crippen molar-refractivity contribution in [2.45, 2.75) is 31.7 Å². The van der Waals surface area contributed by atoms with Crippen molar-refractivity contribution in [2.24, 2.45) is 5.92 Å². The predicted octanol–water partition coefficient (Wildman–Crippen LogP) is 3.42. The van der Waals surface area contributed by atoms with E-state index in [-0.39, 0.29) is 11.6 Å². The largest absolute Gasteiger partial charge is 0.349 e. The van der Waals surface area contributed by atoms with E-state index < -0.39 is 22.3 Å². The van der Waals surface area contributed by atoms with Gasteiger partial charge in [0.2, 0.25) is 0 Å². The molecule has 2 atom stereocenters. The van der Waals surface area contributed by atoms with Crippen LogP contribution in [0.3, 0.4) is 0 Å². The van der Waals surface area contributed by atoms with Gasteiger partial charge >= 0.3 is 0 Å². The fourth-order valence-corrected chi connectivity index (χ4v) is 3.45. The van der Waals surface area contributed by atoms with Crippen LogP contribution in [-0.4, -0.2) is 22.2 Å². The smallest absolute Gasteiger partial charge is 0.285 e. The molecule has 0 aliphatic heterocycles. The maximum Gasteiger partial charge on any atom is 0.285 e. The van der Waals surface area contributed by atoms with Gasteiger partial charge in [-0.3, -0.25) is 14.9 Å². The zero-order chi connectivity index (χ0) is 15.4. The minimum Gasteiger partial charge on any atom is -0.349 e. The SMILES string of the molecule is O=C(NC1CCCCC1CBr)c1ccc(F)cc1[N+](=O)[O-]. The van der Waals surface area contributed by atoms with Crippen LogP contribution in [0, 0.1) is 21.8 Å². The van der Waals surface area contributed by atoms with Crippen molar-refractivity contribution in [3.05, 3.63) is 39.7 Å². The third kappa shape index (κ3) is 3.78. The Morgan fingerprint density at radius 1 is 1.43 bits per heavy atom. The molecular weight excluding hydrogens is 343 g/mol. The van der Waals surface area contributed by atoms with Crippen molar-refractivity contribution in [1.82, 2.24) is 5.32 Å². The predicted molar refractivity (Wildman–Crippen MR) is 80.1 cm³/mol. The summed E-state index contributed by atoms with van der Waals surface area (Å²) in [6.07, 6.45) is 4.03. The van der Waals surface area contributed by atoms with Crippen LogP contribution >= 0.6 is 15.9 Å². The van der Waals surface area contributed by atoms with Gasteiger partial charge in [-0.25, -0.2) is 4.39 Å². The van der Waals surface area contributed by atoms with Crippen LogP contribution in [0.4, 0.5) is 10.1 Å². The molecule has 0 heterocycles. The minimum absolute atomic E-state index is 0.00437. The molecule has 2 rings (SSSR count). The molecule has 0 spiro atoms. The Kier molecular flexibility index (Phi) is 5.27. The van der Waals surface area contributed by atoms with Gasteiger partial charge in [0.05, 0.1) is 11.0 Å².